The molecule has 2 aromatic carbocycles. The maximum atomic E-state index is 5.17. The Morgan fingerprint density at radius 3 is 2.80 bits per heavy atom. The summed E-state index contributed by atoms with van der Waals surface area (Å²) in [5.41, 5.74) is 2.17. The van der Waals surface area contributed by atoms with E-state index in [4.69, 9.17) is 4.74 Å². The lowest BCUT2D eigenvalue weighted by Gasteiger charge is -2.04. The van der Waals surface area contributed by atoms with Gasteiger partial charge >= 0.3 is 0 Å². The first-order valence-corrected chi connectivity index (χ1v) is 5.40. The van der Waals surface area contributed by atoms with Crippen LogP contribution in [-0.4, -0.2) is 7.11 Å². The van der Waals surface area contributed by atoms with Crippen molar-refractivity contribution in [3.05, 3.63) is 53.0 Å². The first-order valence-electron chi connectivity index (χ1n) is 4.61. The summed E-state index contributed by atoms with van der Waals surface area (Å²) in [6, 6.07) is 17.0. The van der Waals surface area contributed by atoms with Gasteiger partial charge in [0.2, 0.25) is 0 Å². The van der Waals surface area contributed by atoms with E-state index in [1.807, 2.05) is 30.3 Å². The monoisotopic (exact) mass is 261 g/mol. The fourth-order valence-corrected chi connectivity index (χ4v) is 1.79. The average Bonchev–Trinajstić information content (AvgIpc) is 2.29. The lowest BCUT2D eigenvalue weighted by atomic mass is 10.1. The topological polar surface area (TPSA) is 9.23 Å². The van der Waals surface area contributed by atoms with Gasteiger partial charge in [-0.25, -0.2) is 0 Å². The molecule has 0 bridgehead atoms. The maximum absolute atomic E-state index is 5.17. The second-order valence-corrected chi connectivity index (χ2v) is 4.07. The number of methoxy groups -OCH3 is 1. The molecule has 2 rings (SSSR count). The van der Waals surface area contributed by atoms with E-state index in [-0.39, 0.29) is 0 Å². The van der Waals surface area contributed by atoms with Crippen LogP contribution in [0.4, 0.5) is 0 Å². The minimum Gasteiger partial charge on any atom is -0.497 e. The minimum absolute atomic E-state index is 0.851. The van der Waals surface area contributed by atoms with Gasteiger partial charge in [0.15, 0.2) is 0 Å². The zero-order valence-corrected chi connectivity index (χ0v) is 9.91. The third kappa shape index (κ3) is 2.39. The summed E-state index contributed by atoms with van der Waals surface area (Å²) in [6.45, 7) is 0. The van der Waals surface area contributed by atoms with Gasteiger partial charge in [-0.1, -0.05) is 34.1 Å². The Hall–Kier alpha value is -1.28. The van der Waals surface area contributed by atoms with Crippen LogP contribution in [0.3, 0.4) is 0 Å². The number of rotatable bonds is 2. The molecular formula is C13H10BrO. The van der Waals surface area contributed by atoms with Crippen LogP contribution < -0.4 is 4.74 Å². The van der Waals surface area contributed by atoms with Gasteiger partial charge in [0.05, 0.1) is 7.11 Å². The molecule has 75 valence electrons. The molecule has 15 heavy (non-hydrogen) atoms. The van der Waals surface area contributed by atoms with Crippen molar-refractivity contribution in [1.29, 1.82) is 0 Å². The Morgan fingerprint density at radius 1 is 1.20 bits per heavy atom. The highest BCUT2D eigenvalue weighted by molar-refractivity contribution is 9.10. The zero-order valence-electron chi connectivity index (χ0n) is 8.33. The van der Waals surface area contributed by atoms with Crippen LogP contribution in [0.1, 0.15) is 0 Å². The number of hydrogen-bond acceptors (Lipinski definition) is 1. The highest BCUT2D eigenvalue weighted by atomic mass is 79.9. The maximum Gasteiger partial charge on any atom is 0.119 e. The van der Waals surface area contributed by atoms with Gasteiger partial charge in [-0.3, -0.25) is 0 Å². The standard InChI is InChI=1S/C13H10BrO/c1-15-13-7-3-5-11(9-13)10-4-2-6-12(14)8-10/h2-4,6-9H,1H3. The van der Waals surface area contributed by atoms with Crippen LogP contribution in [0.15, 0.2) is 46.9 Å². The molecule has 2 aromatic rings. The predicted octanol–water partition coefficient (Wildman–Crippen LogP) is 3.92. The fraction of sp³-hybridized carbons (Fsp3) is 0.0769. The average molecular weight is 262 g/mol. The van der Waals surface area contributed by atoms with Gasteiger partial charge in [0, 0.05) is 4.47 Å². The predicted molar refractivity (Wildman–Crippen MR) is 65.0 cm³/mol. The van der Waals surface area contributed by atoms with Crippen molar-refractivity contribution in [3.8, 4) is 16.9 Å². The molecule has 0 fully saturated rings. The van der Waals surface area contributed by atoms with Gasteiger partial charge < -0.3 is 4.74 Å². The smallest absolute Gasteiger partial charge is 0.119 e. The molecule has 0 aliphatic carbocycles. The summed E-state index contributed by atoms with van der Waals surface area (Å²) >= 11 is 3.45. The van der Waals surface area contributed by atoms with Crippen LogP contribution in [0, 0.1) is 6.07 Å². The molecule has 0 atom stereocenters. The normalized spacial score (nSPS) is 10.0. The summed E-state index contributed by atoms with van der Waals surface area (Å²) < 4.78 is 6.24. The second-order valence-electron chi connectivity index (χ2n) is 3.15. The highest BCUT2D eigenvalue weighted by Crippen LogP contribution is 2.25. The van der Waals surface area contributed by atoms with Crippen molar-refractivity contribution in [1.82, 2.24) is 0 Å². The summed E-state index contributed by atoms with van der Waals surface area (Å²) in [6.07, 6.45) is 0. The first kappa shape index (κ1) is 10.2. The second kappa shape index (κ2) is 4.49. The van der Waals surface area contributed by atoms with E-state index in [0.29, 0.717) is 0 Å². The Kier molecular flexibility index (Phi) is 3.07. The van der Waals surface area contributed by atoms with Gasteiger partial charge in [0.25, 0.3) is 0 Å². The molecule has 0 N–H and O–H groups in total. The summed E-state index contributed by atoms with van der Waals surface area (Å²) in [5, 5.41) is 0. The van der Waals surface area contributed by atoms with Crippen LogP contribution in [-0.2, 0) is 0 Å². The molecule has 0 aromatic heterocycles. The molecule has 0 unspecified atom stereocenters. The number of ether oxygens (including phenoxy) is 1. The van der Waals surface area contributed by atoms with E-state index >= 15 is 0 Å². The fourth-order valence-electron chi connectivity index (χ4n) is 1.40. The van der Waals surface area contributed by atoms with Gasteiger partial charge in [0.1, 0.15) is 5.75 Å². The van der Waals surface area contributed by atoms with Crippen LogP contribution in [0.2, 0.25) is 0 Å². The van der Waals surface area contributed by atoms with Crippen molar-refractivity contribution in [2.24, 2.45) is 0 Å². The molecule has 0 heterocycles. The van der Waals surface area contributed by atoms with Crippen LogP contribution in [0.25, 0.3) is 11.1 Å². The number of benzene rings is 2. The first-order chi connectivity index (χ1) is 7.29. The minimum atomic E-state index is 0.851. The molecular weight excluding hydrogens is 252 g/mol. The largest absolute Gasteiger partial charge is 0.497 e. The van der Waals surface area contributed by atoms with Crippen LogP contribution in [0.5, 0.6) is 5.75 Å². The van der Waals surface area contributed by atoms with Gasteiger partial charge in [-0.05, 0) is 41.5 Å². The van der Waals surface area contributed by atoms with Crippen molar-refractivity contribution >= 4 is 15.9 Å². The third-order valence-electron chi connectivity index (χ3n) is 2.14. The molecule has 0 aliphatic heterocycles. The quantitative estimate of drug-likeness (QED) is 0.796. The molecule has 0 aliphatic rings. The summed E-state index contributed by atoms with van der Waals surface area (Å²) in [4.78, 5) is 0. The SMILES string of the molecule is COc1cc[c]c(-c2cccc(Br)c2)c1. The third-order valence-corrected chi connectivity index (χ3v) is 2.64. The van der Waals surface area contributed by atoms with Gasteiger partial charge in [-0.15, -0.1) is 0 Å². The Morgan fingerprint density at radius 2 is 2.07 bits per heavy atom. The summed E-state index contributed by atoms with van der Waals surface area (Å²) in [5.74, 6) is 0.851. The highest BCUT2D eigenvalue weighted by Gasteiger charge is 1.99. The molecule has 1 radical (unpaired) electrons. The Balaban J connectivity index is 2.44. The molecule has 0 spiro atoms. The number of hydrogen-bond donors (Lipinski definition) is 0. The molecule has 0 saturated carbocycles. The van der Waals surface area contributed by atoms with E-state index < -0.39 is 0 Å². The van der Waals surface area contributed by atoms with Gasteiger partial charge in [-0.2, -0.15) is 0 Å². The lowest BCUT2D eigenvalue weighted by molar-refractivity contribution is 0.415. The van der Waals surface area contributed by atoms with E-state index in [1.165, 1.54) is 0 Å². The van der Waals surface area contributed by atoms with E-state index in [0.717, 1.165) is 21.3 Å². The molecule has 1 nitrogen and oxygen atoms in total. The lowest BCUT2D eigenvalue weighted by Crippen LogP contribution is -1.83. The summed E-state index contributed by atoms with van der Waals surface area (Å²) in [7, 11) is 1.67. The van der Waals surface area contributed by atoms with Crippen molar-refractivity contribution < 1.29 is 4.74 Å². The zero-order chi connectivity index (χ0) is 10.7. The Labute approximate surface area is 97.8 Å². The van der Waals surface area contributed by atoms with Crippen LogP contribution >= 0.6 is 15.9 Å². The molecule has 0 saturated heterocycles. The van der Waals surface area contributed by atoms with E-state index in [9.17, 15) is 0 Å². The Bertz CT molecular complexity index is 466. The number of halogens is 1. The molecule has 2 heteroatoms. The van der Waals surface area contributed by atoms with Crippen molar-refractivity contribution in [3.63, 3.8) is 0 Å². The van der Waals surface area contributed by atoms with E-state index in [2.05, 4.69) is 34.1 Å². The van der Waals surface area contributed by atoms with Crippen molar-refractivity contribution in [2.75, 3.05) is 7.11 Å². The van der Waals surface area contributed by atoms with E-state index in [1.54, 1.807) is 7.11 Å². The molecule has 0 amide bonds. The van der Waals surface area contributed by atoms with Crippen molar-refractivity contribution in [2.45, 2.75) is 0 Å².